The van der Waals surface area contributed by atoms with Crippen molar-refractivity contribution in [2.45, 2.75) is 45.6 Å². The van der Waals surface area contributed by atoms with E-state index in [-0.39, 0.29) is 0 Å². The fraction of sp³-hybridized carbons (Fsp3) is 0.889. The third-order valence-electron chi connectivity index (χ3n) is 1.60. The molecule has 0 aromatic carbocycles. The Morgan fingerprint density at radius 2 is 2.10 bits per heavy atom. The highest BCUT2D eigenvalue weighted by Gasteiger charge is 2.02. The lowest BCUT2D eigenvalue weighted by Gasteiger charge is -2.13. The van der Waals surface area contributed by atoms with Gasteiger partial charge in [-0.3, -0.25) is 0 Å². The van der Waals surface area contributed by atoms with Crippen LogP contribution < -0.4 is 0 Å². The van der Waals surface area contributed by atoms with Gasteiger partial charge in [0.2, 0.25) is 0 Å². The minimum Gasteiger partial charge on any atom is -0.379 e. The van der Waals surface area contributed by atoms with Gasteiger partial charge in [0.05, 0.1) is 6.10 Å². The van der Waals surface area contributed by atoms with Crippen LogP contribution in [0.5, 0.6) is 0 Å². The maximum absolute atomic E-state index is 5.43. The zero-order valence-electron chi connectivity index (χ0n) is 7.23. The van der Waals surface area contributed by atoms with Gasteiger partial charge in [0, 0.05) is 6.61 Å². The standard InChI is InChI=1S/C9H19O/c1-4-7-8-9(5-2)10-6-3/h9H,2,4-8H2,1,3H3. The van der Waals surface area contributed by atoms with Crippen LogP contribution in [0.2, 0.25) is 0 Å². The number of hydrogen-bond acceptors (Lipinski definition) is 1. The molecule has 1 unspecified atom stereocenters. The van der Waals surface area contributed by atoms with Crippen molar-refractivity contribution < 1.29 is 4.74 Å². The van der Waals surface area contributed by atoms with Crippen LogP contribution in [0.1, 0.15) is 39.5 Å². The molecule has 1 atom stereocenters. The normalized spacial score (nSPS) is 13.5. The highest BCUT2D eigenvalue weighted by atomic mass is 16.5. The minimum atomic E-state index is 0.407. The molecule has 0 rings (SSSR count). The maximum atomic E-state index is 5.43. The molecule has 0 aliphatic carbocycles. The van der Waals surface area contributed by atoms with E-state index in [1.165, 1.54) is 19.3 Å². The lowest BCUT2D eigenvalue weighted by Crippen LogP contribution is -2.10. The fourth-order valence-corrected chi connectivity index (χ4v) is 0.979. The molecule has 0 spiro atoms. The van der Waals surface area contributed by atoms with Crippen LogP contribution in [0.3, 0.4) is 0 Å². The summed E-state index contributed by atoms with van der Waals surface area (Å²) in [4.78, 5) is 0. The van der Waals surface area contributed by atoms with Crippen LogP contribution in [-0.2, 0) is 4.74 Å². The molecule has 0 N–H and O–H groups in total. The van der Waals surface area contributed by atoms with Gasteiger partial charge in [-0.2, -0.15) is 0 Å². The van der Waals surface area contributed by atoms with Crippen molar-refractivity contribution >= 4 is 0 Å². The van der Waals surface area contributed by atoms with E-state index in [4.69, 9.17) is 4.74 Å². The highest BCUT2D eigenvalue weighted by Crippen LogP contribution is 2.07. The molecule has 0 amide bonds. The number of unbranched alkanes of at least 4 members (excludes halogenated alkanes) is 1. The molecule has 0 aliphatic rings. The summed E-state index contributed by atoms with van der Waals surface area (Å²) in [6, 6.07) is 0. The fourth-order valence-electron chi connectivity index (χ4n) is 0.979. The van der Waals surface area contributed by atoms with Crippen molar-refractivity contribution in [1.29, 1.82) is 0 Å². The molecule has 1 nitrogen and oxygen atoms in total. The quantitative estimate of drug-likeness (QED) is 0.555. The zero-order valence-corrected chi connectivity index (χ0v) is 7.23. The number of ether oxygens (including phenoxy) is 1. The summed E-state index contributed by atoms with van der Waals surface area (Å²) in [6.07, 6.45) is 5.01. The Balaban J connectivity index is 3.21. The monoisotopic (exact) mass is 143 g/mol. The van der Waals surface area contributed by atoms with Crippen molar-refractivity contribution in [3.05, 3.63) is 6.92 Å². The maximum Gasteiger partial charge on any atom is 0.0575 e. The van der Waals surface area contributed by atoms with Crippen molar-refractivity contribution in [3.63, 3.8) is 0 Å². The van der Waals surface area contributed by atoms with E-state index < -0.39 is 0 Å². The molecule has 61 valence electrons. The van der Waals surface area contributed by atoms with Crippen LogP contribution in [0.15, 0.2) is 0 Å². The Bertz CT molecular complexity index is 61.7. The lowest BCUT2D eigenvalue weighted by atomic mass is 10.1. The van der Waals surface area contributed by atoms with Gasteiger partial charge >= 0.3 is 0 Å². The van der Waals surface area contributed by atoms with Gasteiger partial charge in [0.15, 0.2) is 0 Å². The number of hydrogen-bond donors (Lipinski definition) is 0. The first kappa shape index (κ1) is 9.96. The molecule has 0 aliphatic heterocycles. The van der Waals surface area contributed by atoms with E-state index in [2.05, 4.69) is 13.8 Å². The molecule has 0 heterocycles. The molecule has 0 aromatic heterocycles. The SMILES string of the molecule is [CH2]CC(CCCC)OCC. The summed E-state index contributed by atoms with van der Waals surface area (Å²) in [7, 11) is 0. The summed E-state index contributed by atoms with van der Waals surface area (Å²) in [5.74, 6) is 0. The molecule has 1 heteroatoms. The van der Waals surface area contributed by atoms with Crippen molar-refractivity contribution in [2.24, 2.45) is 0 Å². The Labute approximate surface area is 64.8 Å². The summed E-state index contributed by atoms with van der Waals surface area (Å²) < 4.78 is 5.43. The Morgan fingerprint density at radius 3 is 2.50 bits per heavy atom. The highest BCUT2D eigenvalue weighted by molar-refractivity contribution is 4.58. The van der Waals surface area contributed by atoms with E-state index in [0.717, 1.165) is 13.0 Å². The molecule has 0 fully saturated rings. The summed E-state index contributed by atoms with van der Waals surface area (Å²) >= 11 is 0. The largest absolute Gasteiger partial charge is 0.379 e. The van der Waals surface area contributed by atoms with Gasteiger partial charge in [0.1, 0.15) is 0 Å². The second-order valence-corrected chi connectivity index (χ2v) is 2.51. The molecular weight excluding hydrogens is 124 g/mol. The predicted molar refractivity (Wildman–Crippen MR) is 44.9 cm³/mol. The van der Waals surface area contributed by atoms with E-state index in [0.29, 0.717) is 6.10 Å². The first-order chi connectivity index (χ1) is 4.85. The van der Waals surface area contributed by atoms with Gasteiger partial charge in [-0.15, -0.1) is 0 Å². The smallest absolute Gasteiger partial charge is 0.0575 e. The Hall–Kier alpha value is -0.0400. The molecule has 0 saturated heterocycles. The van der Waals surface area contributed by atoms with Crippen LogP contribution >= 0.6 is 0 Å². The molecule has 0 saturated carbocycles. The van der Waals surface area contributed by atoms with Crippen molar-refractivity contribution in [3.8, 4) is 0 Å². The van der Waals surface area contributed by atoms with Gasteiger partial charge < -0.3 is 4.74 Å². The average Bonchev–Trinajstić information content (AvgIpc) is 1.98. The van der Waals surface area contributed by atoms with E-state index in [9.17, 15) is 0 Å². The zero-order chi connectivity index (χ0) is 7.82. The lowest BCUT2D eigenvalue weighted by molar-refractivity contribution is 0.0570. The predicted octanol–water partition coefficient (Wildman–Crippen LogP) is 2.81. The van der Waals surface area contributed by atoms with Gasteiger partial charge in [-0.25, -0.2) is 0 Å². The Kier molecular flexibility index (Phi) is 7.04. The third kappa shape index (κ3) is 4.80. The molecule has 1 radical (unpaired) electrons. The van der Waals surface area contributed by atoms with Crippen LogP contribution in [-0.4, -0.2) is 12.7 Å². The summed E-state index contributed by atoms with van der Waals surface area (Å²) in [6.45, 7) is 8.89. The van der Waals surface area contributed by atoms with Gasteiger partial charge in [-0.1, -0.05) is 26.7 Å². The average molecular weight is 143 g/mol. The topological polar surface area (TPSA) is 9.23 Å². The summed E-state index contributed by atoms with van der Waals surface area (Å²) in [5.41, 5.74) is 0. The molecule has 10 heavy (non-hydrogen) atoms. The molecule has 0 aromatic rings. The van der Waals surface area contributed by atoms with Gasteiger partial charge in [0.25, 0.3) is 0 Å². The first-order valence-electron chi connectivity index (χ1n) is 4.26. The van der Waals surface area contributed by atoms with E-state index in [1.807, 2.05) is 6.92 Å². The minimum absolute atomic E-state index is 0.407. The van der Waals surface area contributed by atoms with E-state index in [1.54, 1.807) is 0 Å². The number of rotatable bonds is 6. The van der Waals surface area contributed by atoms with E-state index >= 15 is 0 Å². The molecular formula is C9H19O. The third-order valence-corrected chi connectivity index (χ3v) is 1.60. The van der Waals surface area contributed by atoms with Crippen LogP contribution in [0.4, 0.5) is 0 Å². The first-order valence-corrected chi connectivity index (χ1v) is 4.26. The second-order valence-electron chi connectivity index (χ2n) is 2.51. The molecule has 0 bridgehead atoms. The Morgan fingerprint density at radius 1 is 1.40 bits per heavy atom. The van der Waals surface area contributed by atoms with Gasteiger partial charge in [-0.05, 0) is 19.8 Å². The summed E-state index contributed by atoms with van der Waals surface area (Å²) in [5, 5.41) is 0. The van der Waals surface area contributed by atoms with Crippen molar-refractivity contribution in [1.82, 2.24) is 0 Å². The van der Waals surface area contributed by atoms with Crippen molar-refractivity contribution in [2.75, 3.05) is 6.61 Å². The second kappa shape index (κ2) is 7.07. The van der Waals surface area contributed by atoms with Crippen LogP contribution in [0.25, 0.3) is 0 Å². The van der Waals surface area contributed by atoms with Crippen LogP contribution in [0, 0.1) is 6.92 Å².